The van der Waals surface area contributed by atoms with Crippen LogP contribution in [0.2, 0.25) is 0 Å². The van der Waals surface area contributed by atoms with Gasteiger partial charge >= 0.3 is 0 Å². The molecule has 0 bridgehead atoms. The van der Waals surface area contributed by atoms with Crippen LogP contribution in [0.5, 0.6) is 0 Å². The van der Waals surface area contributed by atoms with E-state index in [9.17, 15) is 9.18 Å². The summed E-state index contributed by atoms with van der Waals surface area (Å²) < 4.78 is 12.9. The van der Waals surface area contributed by atoms with Crippen LogP contribution in [0.15, 0.2) is 29.4 Å². The van der Waals surface area contributed by atoms with E-state index < -0.39 is 0 Å². The van der Waals surface area contributed by atoms with Crippen LogP contribution >= 0.6 is 11.8 Å². The summed E-state index contributed by atoms with van der Waals surface area (Å²) in [6.45, 7) is 0.777. The number of nitrogens with zero attached hydrogens (tertiary/aromatic N) is 2. The predicted octanol–water partition coefficient (Wildman–Crippen LogP) is 3.90. The standard InChI is InChI=1S/C19H23FN4OS/c20-16-9-6-14(7-10-16)8-11-17-22-19(24-23-17)26-13-18(25)21-12-15-4-2-1-3-5-15/h6-11,15H,1-5,12-13H2,(H,21,25)(H,22,23,24)/b11-8+. The third-order valence-corrected chi connectivity index (χ3v) is 5.28. The quantitative estimate of drug-likeness (QED) is 0.721. The second kappa shape index (κ2) is 9.52. The number of carbonyl (C=O) groups excluding carboxylic acids is 1. The fraction of sp³-hybridized carbons (Fsp3) is 0.421. The summed E-state index contributed by atoms with van der Waals surface area (Å²) >= 11 is 1.31. The minimum atomic E-state index is -0.262. The summed E-state index contributed by atoms with van der Waals surface area (Å²) in [5.74, 6) is 1.30. The van der Waals surface area contributed by atoms with Gasteiger partial charge in [0.1, 0.15) is 11.6 Å². The molecule has 0 radical (unpaired) electrons. The molecular formula is C19H23FN4OS. The Kier molecular flexibility index (Phi) is 6.82. The first-order valence-corrected chi connectivity index (χ1v) is 9.93. The molecule has 1 fully saturated rings. The van der Waals surface area contributed by atoms with Crippen LogP contribution in [-0.2, 0) is 4.79 Å². The number of amides is 1. The van der Waals surface area contributed by atoms with Gasteiger partial charge in [0.05, 0.1) is 5.75 Å². The third-order valence-electron chi connectivity index (χ3n) is 4.43. The number of aromatic nitrogens is 3. The van der Waals surface area contributed by atoms with Gasteiger partial charge in [0, 0.05) is 6.54 Å². The molecule has 1 aromatic carbocycles. The lowest BCUT2D eigenvalue weighted by Gasteiger charge is -2.21. The molecule has 0 saturated heterocycles. The molecule has 2 aromatic rings. The van der Waals surface area contributed by atoms with Crippen LogP contribution in [-0.4, -0.2) is 33.4 Å². The van der Waals surface area contributed by atoms with Gasteiger partial charge in [0.2, 0.25) is 11.1 Å². The van der Waals surface area contributed by atoms with Gasteiger partial charge in [0.25, 0.3) is 0 Å². The molecule has 0 spiro atoms. The van der Waals surface area contributed by atoms with Crippen molar-refractivity contribution in [2.75, 3.05) is 12.3 Å². The molecule has 2 N–H and O–H groups in total. The van der Waals surface area contributed by atoms with Gasteiger partial charge < -0.3 is 5.32 Å². The van der Waals surface area contributed by atoms with E-state index in [2.05, 4.69) is 20.5 Å². The van der Waals surface area contributed by atoms with Crippen molar-refractivity contribution in [2.24, 2.45) is 5.92 Å². The Balaban J connectivity index is 1.41. The zero-order chi connectivity index (χ0) is 18.2. The highest BCUT2D eigenvalue weighted by Crippen LogP contribution is 2.22. The van der Waals surface area contributed by atoms with Crippen molar-refractivity contribution in [3.63, 3.8) is 0 Å². The van der Waals surface area contributed by atoms with Gasteiger partial charge in [-0.05, 0) is 42.5 Å². The summed E-state index contributed by atoms with van der Waals surface area (Å²) in [6.07, 6.45) is 9.92. The Morgan fingerprint density at radius 2 is 2.00 bits per heavy atom. The average Bonchev–Trinajstić information content (AvgIpc) is 3.13. The van der Waals surface area contributed by atoms with E-state index >= 15 is 0 Å². The summed E-state index contributed by atoms with van der Waals surface area (Å²) in [5, 5.41) is 10.5. The number of benzene rings is 1. The lowest BCUT2D eigenvalue weighted by atomic mass is 9.89. The largest absolute Gasteiger partial charge is 0.355 e. The predicted molar refractivity (Wildman–Crippen MR) is 102 cm³/mol. The SMILES string of the molecule is O=C(CSc1n[nH]c(/C=C/c2ccc(F)cc2)n1)NCC1CCCCC1. The number of rotatable bonds is 7. The zero-order valence-corrected chi connectivity index (χ0v) is 15.4. The Morgan fingerprint density at radius 3 is 2.77 bits per heavy atom. The second-order valence-corrected chi connectivity index (χ2v) is 7.43. The van der Waals surface area contributed by atoms with E-state index in [1.54, 1.807) is 18.2 Å². The van der Waals surface area contributed by atoms with Gasteiger partial charge in [-0.1, -0.05) is 49.2 Å². The second-order valence-electron chi connectivity index (χ2n) is 6.48. The van der Waals surface area contributed by atoms with E-state index in [1.165, 1.54) is 56.0 Å². The highest BCUT2D eigenvalue weighted by atomic mass is 32.2. The van der Waals surface area contributed by atoms with Gasteiger partial charge in [-0.2, -0.15) is 0 Å². The molecule has 1 heterocycles. The van der Waals surface area contributed by atoms with E-state index in [4.69, 9.17) is 0 Å². The molecule has 1 aromatic heterocycles. The molecule has 1 aliphatic carbocycles. The zero-order valence-electron chi connectivity index (χ0n) is 14.6. The van der Waals surface area contributed by atoms with Gasteiger partial charge in [-0.15, -0.1) is 5.10 Å². The van der Waals surface area contributed by atoms with Crippen molar-refractivity contribution in [1.29, 1.82) is 0 Å². The van der Waals surface area contributed by atoms with E-state index in [0.29, 0.717) is 22.7 Å². The molecule has 138 valence electrons. The maximum atomic E-state index is 12.9. The Labute approximate surface area is 156 Å². The lowest BCUT2D eigenvalue weighted by molar-refractivity contribution is -0.118. The topological polar surface area (TPSA) is 70.7 Å². The van der Waals surface area contributed by atoms with Crippen molar-refractivity contribution < 1.29 is 9.18 Å². The number of halogens is 1. The van der Waals surface area contributed by atoms with E-state index in [-0.39, 0.29) is 11.7 Å². The highest BCUT2D eigenvalue weighted by Gasteiger charge is 2.14. The highest BCUT2D eigenvalue weighted by molar-refractivity contribution is 7.99. The molecule has 1 saturated carbocycles. The Bertz CT molecular complexity index is 738. The van der Waals surface area contributed by atoms with Crippen molar-refractivity contribution in [3.8, 4) is 0 Å². The third kappa shape index (κ3) is 5.98. The lowest BCUT2D eigenvalue weighted by Crippen LogP contribution is -2.31. The molecular weight excluding hydrogens is 351 g/mol. The normalized spacial score (nSPS) is 15.4. The fourth-order valence-corrected chi connectivity index (χ4v) is 3.61. The number of hydrogen-bond acceptors (Lipinski definition) is 4. The summed E-state index contributed by atoms with van der Waals surface area (Å²) in [5.41, 5.74) is 0.874. The van der Waals surface area contributed by atoms with Crippen LogP contribution in [0.4, 0.5) is 4.39 Å². The molecule has 5 nitrogen and oxygen atoms in total. The smallest absolute Gasteiger partial charge is 0.230 e. The monoisotopic (exact) mass is 374 g/mol. The maximum Gasteiger partial charge on any atom is 0.230 e. The van der Waals surface area contributed by atoms with Crippen molar-refractivity contribution in [2.45, 2.75) is 37.3 Å². The Hall–Kier alpha value is -2.15. The van der Waals surface area contributed by atoms with Crippen LogP contribution in [0, 0.1) is 11.7 Å². The fourth-order valence-electron chi connectivity index (χ4n) is 2.98. The van der Waals surface area contributed by atoms with Crippen LogP contribution in [0.1, 0.15) is 43.5 Å². The van der Waals surface area contributed by atoms with E-state index in [1.807, 2.05) is 6.08 Å². The molecule has 7 heteroatoms. The first-order chi connectivity index (χ1) is 12.7. The van der Waals surface area contributed by atoms with Gasteiger partial charge in [-0.25, -0.2) is 9.37 Å². The molecule has 1 amide bonds. The summed E-state index contributed by atoms with van der Waals surface area (Å²) in [6, 6.07) is 6.20. The Morgan fingerprint density at radius 1 is 1.23 bits per heavy atom. The average molecular weight is 374 g/mol. The molecule has 1 aliphatic rings. The number of thioether (sulfide) groups is 1. The molecule has 3 rings (SSSR count). The minimum Gasteiger partial charge on any atom is -0.355 e. The number of nitrogens with one attached hydrogen (secondary N) is 2. The first kappa shape index (κ1) is 18.6. The minimum absolute atomic E-state index is 0.0220. The van der Waals surface area contributed by atoms with E-state index in [0.717, 1.165) is 12.1 Å². The first-order valence-electron chi connectivity index (χ1n) is 8.94. The van der Waals surface area contributed by atoms with Crippen molar-refractivity contribution >= 4 is 29.8 Å². The summed E-state index contributed by atoms with van der Waals surface area (Å²) in [7, 11) is 0. The number of aromatic amines is 1. The summed E-state index contributed by atoms with van der Waals surface area (Å²) in [4.78, 5) is 16.3. The number of H-pyrrole nitrogens is 1. The number of hydrogen-bond donors (Lipinski definition) is 2. The van der Waals surface area contributed by atoms with Crippen molar-refractivity contribution in [3.05, 3.63) is 41.5 Å². The maximum absolute atomic E-state index is 12.9. The number of carbonyl (C=O) groups is 1. The van der Waals surface area contributed by atoms with Crippen LogP contribution < -0.4 is 5.32 Å². The molecule has 26 heavy (non-hydrogen) atoms. The van der Waals surface area contributed by atoms with Crippen LogP contribution in [0.25, 0.3) is 12.2 Å². The van der Waals surface area contributed by atoms with Crippen molar-refractivity contribution in [1.82, 2.24) is 20.5 Å². The molecule has 0 atom stereocenters. The van der Waals surface area contributed by atoms with Gasteiger partial charge in [-0.3, -0.25) is 9.89 Å². The van der Waals surface area contributed by atoms with Gasteiger partial charge in [0.15, 0.2) is 0 Å². The molecule has 0 unspecified atom stereocenters. The van der Waals surface area contributed by atoms with Crippen LogP contribution in [0.3, 0.4) is 0 Å². The molecule has 0 aliphatic heterocycles.